The Hall–Kier alpha value is -3.13. The first-order chi connectivity index (χ1) is 14.8. The van der Waals surface area contributed by atoms with E-state index < -0.39 is 16.8 Å². The number of aromatic hydroxyl groups is 1. The number of phenolic OH excluding ortho intramolecular Hbond substituents is 1. The van der Waals surface area contributed by atoms with Gasteiger partial charge in [-0.3, -0.25) is 13.8 Å². The molecule has 0 aliphatic heterocycles. The molecule has 164 valence electrons. The molecule has 1 aliphatic rings. The summed E-state index contributed by atoms with van der Waals surface area (Å²) in [5, 5.41) is 13.6. The molecule has 3 rings (SSSR count). The molecule has 31 heavy (non-hydrogen) atoms. The molecule has 1 aliphatic carbocycles. The Kier molecular flexibility index (Phi) is 6.80. The molecule has 7 nitrogen and oxygen atoms in total. The normalized spacial score (nSPS) is 16.1. The van der Waals surface area contributed by atoms with Gasteiger partial charge >= 0.3 is 0 Å². The molecule has 8 heteroatoms. The van der Waals surface area contributed by atoms with Crippen LogP contribution in [0.2, 0.25) is 0 Å². The summed E-state index contributed by atoms with van der Waals surface area (Å²) < 4.78 is 22.9. The second-order valence-electron chi connectivity index (χ2n) is 7.12. The highest BCUT2D eigenvalue weighted by Gasteiger charge is 2.29. The van der Waals surface area contributed by atoms with E-state index in [9.17, 15) is 18.9 Å². The number of fused-ring (bicyclic) bond motifs is 3. The van der Waals surface area contributed by atoms with Crippen LogP contribution < -0.4 is 20.2 Å². The van der Waals surface area contributed by atoms with E-state index in [1.165, 1.54) is 38.7 Å². The number of nitrogens with one attached hydrogen (secondary N) is 1. The van der Waals surface area contributed by atoms with Crippen molar-refractivity contribution < 1.29 is 23.6 Å². The summed E-state index contributed by atoms with van der Waals surface area (Å²) in [6.07, 6.45) is 5.55. The minimum Gasteiger partial charge on any atom is -0.502 e. The number of carbonyl (C=O) groups excluding carboxylic acids is 1. The molecule has 0 aromatic heterocycles. The van der Waals surface area contributed by atoms with Crippen LogP contribution in [0.25, 0.3) is 11.1 Å². The molecule has 2 atom stereocenters. The molecular formula is C23H25NO6S. The first-order valence-corrected chi connectivity index (χ1v) is 11.3. The standard InChI is InChI=1S/C23H25NO6S/c1-5-6-20(26)24-16-9-7-13-11-18(29-2)22(27)23(30-3)21(13)14-8-10-19(31(4)28)17(25)12-15(14)16/h5-6,8,10-12,16,27H,7,9H2,1-4H3,(H,24,26)/t16-,31?/m0/s1. The fraction of sp³-hybridized carbons (Fsp3) is 0.304. The van der Waals surface area contributed by atoms with Gasteiger partial charge in [-0.15, -0.1) is 0 Å². The molecule has 0 saturated heterocycles. The van der Waals surface area contributed by atoms with Crippen molar-refractivity contribution in [3.8, 4) is 28.4 Å². The number of benzene rings is 1. The van der Waals surface area contributed by atoms with Gasteiger partial charge in [-0.05, 0) is 60.7 Å². The summed E-state index contributed by atoms with van der Waals surface area (Å²) in [6.45, 7) is 1.75. The number of ether oxygens (including phenoxy) is 2. The van der Waals surface area contributed by atoms with Gasteiger partial charge in [-0.25, -0.2) is 0 Å². The van der Waals surface area contributed by atoms with Crippen molar-refractivity contribution in [1.29, 1.82) is 0 Å². The number of amides is 1. The van der Waals surface area contributed by atoms with Crippen molar-refractivity contribution in [2.75, 3.05) is 20.5 Å². The summed E-state index contributed by atoms with van der Waals surface area (Å²) in [5.74, 6) is 0.0527. The van der Waals surface area contributed by atoms with Gasteiger partial charge in [0.25, 0.3) is 0 Å². The monoisotopic (exact) mass is 443 g/mol. The van der Waals surface area contributed by atoms with Crippen LogP contribution in [0.4, 0.5) is 0 Å². The van der Waals surface area contributed by atoms with E-state index in [0.29, 0.717) is 29.5 Å². The molecule has 0 heterocycles. The third kappa shape index (κ3) is 4.34. The minimum absolute atomic E-state index is 0.153. The highest BCUT2D eigenvalue weighted by Crippen LogP contribution is 2.49. The molecule has 0 saturated carbocycles. The smallest absolute Gasteiger partial charge is 0.244 e. The number of hydrogen-bond acceptors (Lipinski definition) is 6. The van der Waals surface area contributed by atoms with E-state index in [-0.39, 0.29) is 33.5 Å². The summed E-state index contributed by atoms with van der Waals surface area (Å²) in [6, 6.07) is 5.90. The van der Waals surface area contributed by atoms with Crippen molar-refractivity contribution in [2.24, 2.45) is 0 Å². The predicted octanol–water partition coefficient (Wildman–Crippen LogP) is 2.85. The summed E-state index contributed by atoms with van der Waals surface area (Å²) in [7, 11) is 1.41. The SMILES string of the molecule is CC=CC(=O)N[C@H]1CCc2cc(OC)c(O)c(OC)c2-c2ccc(S(C)=O)c(=O)cc21. The molecule has 2 aromatic carbocycles. The van der Waals surface area contributed by atoms with Gasteiger partial charge in [0.2, 0.25) is 11.7 Å². The molecule has 1 amide bonds. The van der Waals surface area contributed by atoms with Crippen molar-refractivity contribution >= 4 is 16.7 Å². The van der Waals surface area contributed by atoms with Crippen molar-refractivity contribution in [1.82, 2.24) is 5.32 Å². The van der Waals surface area contributed by atoms with E-state index in [1.807, 2.05) is 0 Å². The van der Waals surface area contributed by atoms with Crippen LogP contribution in [0.3, 0.4) is 0 Å². The van der Waals surface area contributed by atoms with Gasteiger partial charge < -0.3 is 19.9 Å². The number of rotatable bonds is 5. The lowest BCUT2D eigenvalue weighted by molar-refractivity contribution is -0.117. The van der Waals surface area contributed by atoms with Crippen molar-refractivity contribution in [2.45, 2.75) is 30.7 Å². The molecule has 2 N–H and O–H groups in total. The zero-order valence-electron chi connectivity index (χ0n) is 17.9. The summed E-state index contributed by atoms with van der Waals surface area (Å²) >= 11 is 0. The molecule has 0 fully saturated rings. The van der Waals surface area contributed by atoms with Crippen molar-refractivity contribution in [3.05, 3.63) is 57.8 Å². The number of allylic oxidation sites excluding steroid dienone is 1. The van der Waals surface area contributed by atoms with Crippen LogP contribution in [-0.4, -0.2) is 35.7 Å². The fourth-order valence-electron chi connectivity index (χ4n) is 3.88. The van der Waals surface area contributed by atoms with Crippen LogP contribution in [0.5, 0.6) is 17.2 Å². The van der Waals surface area contributed by atoms with E-state index in [1.54, 1.807) is 25.1 Å². The highest BCUT2D eigenvalue weighted by atomic mass is 32.2. The van der Waals surface area contributed by atoms with E-state index in [4.69, 9.17) is 9.47 Å². The Morgan fingerprint density at radius 3 is 2.61 bits per heavy atom. The van der Waals surface area contributed by atoms with Crippen LogP contribution >= 0.6 is 0 Å². The molecule has 1 unspecified atom stereocenters. The number of phenols is 1. The predicted molar refractivity (Wildman–Crippen MR) is 119 cm³/mol. The molecule has 0 bridgehead atoms. The second-order valence-corrected chi connectivity index (χ2v) is 8.47. The van der Waals surface area contributed by atoms with Crippen LogP contribution in [0, 0.1) is 0 Å². The number of aryl methyl sites for hydroxylation is 1. The molecule has 0 spiro atoms. The van der Waals surface area contributed by atoms with E-state index in [0.717, 1.165) is 5.56 Å². The first kappa shape index (κ1) is 22.6. The third-order valence-corrected chi connectivity index (χ3v) is 6.22. The lowest BCUT2D eigenvalue weighted by atomic mass is 9.95. The molecular weight excluding hydrogens is 418 g/mol. The second kappa shape index (κ2) is 9.34. The first-order valence-electron chi connectivity index (χ1n) is 9.74. The van der Waals surface area contributed by atoms with Crippen LogP contribution in [-0.2, 0) is 22.0 Å². The van der Waals surface area contributed by atoms with Crippen LogP contribution in [0.15, 0.2) is 46.1 Å². The average Bonchev–Trinajstić information content (AvgIpc) is 2.97. The maximum Gasteiger partial charge on any atom is 0.244 e. The average molecular weight is 444 g/mol. The Morgan fingerprint density at radius 1 is 1.26 bits per heavy atom. The third-order valence-electron chi connectivity index (χ3n) is 5.26. The minimum atomic E-state index is -1.49. The van der Waals surface area contributed by atoms with E-state index in [2.05, 4.69) is 5.32 Å². The van der Waals surface area contributed by atoms with Gasteiger partial charge in [-0.2, -0.15) is 0 Å². The largest absolute Gasteiger partial charge is 0.502 e. The summed E-state index contributed by atoms with van der Waals surface area (Å²) in [4.78, 5) is 25.3. The number of carbonyl (C=O) groups is 1. The highest BCUT2D eigenvalue weighted by molar-refractivity contribution is 7.84. The maximum absolute atomic E-state index is 12.8. The number of methoxy groups -OCH3 is 2. The van der Waals surface area contributed by atoms with Crippen molar-refractivity contribution in [3.63, 3.8) is 0 Å². The Morgan fingerprint density at radius 2 is 2.00 bits per heavy atom. The van der Waals surface area contributed by atoms with E-state index >= 15 is 0 Å². The summed E-state index contributed by atoms with van der Waals surface area (Å²) in [5.41, 5.74) is 2.26. The van der Waals surface area contributed by atoms with Gasteiger partial charge in [0.1, 0.15) is 0 Å². The lowest BCUT2D eigenvalue weighted by Crippen LogP contribution is -2.27. The van der Waals surface area contributed by atoms with Crippen LogP contribution in [0.1, 0.15) is 30.5 Å². The number of hydrogen-bond donors (Lipinski definition) is 2. The van der Waals surface area contributed by atoms with Gasteiger partial charge in [-0.1, -0.05) is 12.1 Å². The Balaban J connectivity index is 2.37. The van der Waals surface area contributed by atoms with Gasteiger partial charge in [0.15, 0.2) is 16.9 Å². The Bertz CT molecular complexity index is 1140. The molecule has 2 aromatic rings. The topological polar surface area (TPSA) is 102 Å². The molecule has 0 radical (unpaired) electrons. The zero-order valence-corrected chi connectivity index (χ0v) is 18.7. The maximum atomic E-state index is 12.8. The quantitative estimate of drug-likeness (QED) is 0.689. The lowest BCUT2D eigenvalue weighted by Gasteiger charge is -2.18. The Labute approximate surface area is 183 Å². The van der Waals surface area contributed by atoms with Gasteiger partial charge in [0, 0.05) is 11.8 Å². The zero-order chi connectivity index (χ0) is 22.7. The fourth-order valence-corrected chi connectivity index (χ4v) is 4.48. The van der Waals surface area contributed by atoms with Gasteiger partial charge in [0.05, 0.1) is 36.0 Å².